The van der Waals surface area contributed by atoms with Gasteiger partial charge in [0.2, 0.25) is 10.1 Å². The summed E-state index contributed by atoms with van der Waals surface area (Å²) < 4.78 is 15.2. The third-order valence-corrected chi connectivity index (χ3v) is 3.96. The summed E-state index contributed by atoms with van der Waals surface area (Å²) in [6.45, 7) is 2.10. The van der Waals surface area contributed by atoms with E-state index >= 15 is 0 Å². The lowest BCUT2D eigenvalue weighted by atomic mass is 10.2. The van der Waals surface area contributed by atoms with Crippen molar-refractivity contribution in [1.82, 2.24) is 19.8 Å². The Bertz CT molecular complexity index is 813. The maximum absolute atomic E-state index is 13.6. The van der Waals surface area contributed by atoms with Crippen LogP contribution in [0.1, 0.15) is 35.9 Å². The second kappa shape index (κ2) is 6.18. The van der Waals surface area contributed by atoms with Gasteiger partial charge in [-0.05, 0) is 18.6 Å². The molecule has 2 heterocycles. The van der Waals surface area contributed by atoms with Gasteiger partial charge in [-0.2, -0.15) is 4.52 Å². The Morgan fingerprint density at radius 1 is 1.36 bits per heavy atom. The molecule has 1 amide bonds. The van der Waals surface area contributed by atoms with Crippen molar-refractivity contribution in [2.45, 2.75) is 26.2 Å². The van der Waals surface area contributed by atoms with E-state index in [4.69, 9.17) is 0 Å². The Morgan fingerprint density at radius 3 is 2.95 bits per heavy atom. The van der Waals surface area contributed by atoms with Crippen molar-refractivity contribution in [3.05, 3.63) is 41.5 Å². The van der Waals surface area contributed by atoms with Crippen LogP contribution in [-0.2, 0) is 6.42 Å². The molecule has 0 saturated heterocycles. The normalized spacial score (nSPS) is 11.0. The Morgan fingerprint density at radius 2 is 2.18 bits per heavy atom. The zero-order chi connectivity index (χ0) is 15.5. The number of nitrogens with one attached hydrogen (secondary N) is 1. The molecular formula is C14H14FN5OS. The van der Waals surface area contributed by atoms with Crippen molar-refractivity contribution < 1.29 is 9.18 Å². The average Bonchev–Trinajstić information content (AvgIpc) is 3.06. The number of anilines is 1. The highest BCUT2D eigenvalue weighted by molar-refractivity contribution is 7.20. The van der Waals surface area contributed by atoms with E-state index in [0.717, 1.165) is 25.1 Å². The molecule has 0 saturated carbocycles. The number of benzene rings is 1. The average molecular weight is 319 g/mol. The van der Waals surface area contributed by atoms with E-state index in [9.17, 15) is 9.18 Å². The number of hydrogen-bond acceptors (Lipinski definition) is 5. The zero-order valence-corrected chi connectivity index (χ0v) is 12.7. The highest BCUT2D eigenvalue weighted by Crippen LogP contribution is 2.20. The molecule has 0 aliphatic heterocycles. The zero-order valence-electron chi connectivity index (χ0n) is 11.9. The topological polar surface area (TPSA) is 72.2 Å². The summed E-state index contributed by atoms with van der Waals surface area (Å²) in [5, 5.41) is 15.4. The monoisotopic (exact) mass is 319 g/mol. The fourth-order valence-electron chi connectivity index (χ4n) is 2.01. The third-order valence-electron chi connectivity index (χ3n) is 3.15. The predicted molar refractivity (Wildman–Crippen MR) is 81.6 cm³/mol. The molecule has 0 bridgehead atoms. The molecule has 0 aliphatic rings. The number of amides is 1. The van der Waals surface area contributed by atoms with E-state index in [1.54, 1.807) is 10.6 Å². The van der Waals surface area contributed by atoms with Crippen LogP contribution in [0.4, 0.5) is 9.52 Å². The van der Waals surface area contributed by atoms with Crippen molar-refractivity contribution in [2.24, 2.45) is 0 Å². The second-order valence-corrected chi connectivity index (χ2v) is 5.71. The number of rotatable bonds is 5. The quantitative estimate of drug-likeness (QED) is 0.785. The molecule has 2 aromatic heterocycles. The van der Waals surface area contributed by atoms with Crippen LogP contribution in [0.3, 0.4) is 0 Å². The Hall–Kier alpha value is -2.35. The first kappa shape index (κ1) is 14.6. The maximum Gasteiger partial charge on any atom is 0.260 e. The van der Waals surface area contributed by atoms with Gasteiger partial charge in [-0.25, -0.2) is 4.39 Å². The van der Waals surface area contributed by atoms with E-state index in [1.807, 2.05) is 0 Å². The molecule has 3 rings (SSSR count). The smallest absolute Gasteiger partial charge is 0.260 e. The first-order chi connectivity index (χ1) is 10.7. The summed E-state index contributed by atoms with van der Waals surface area (Å²) >= 11 is 1.20. The first-order valence-electron chi connectivity index (χ1n) is 6.96. The number of hydrogen-bond donors (Lipinski definition) is 1. The van der Waals surface area contributed by atoms with Crippen molar-refractivity contribution in [1.29, 1.82) is 0 Å². The van der Waals surface area contributed by atoms with Crippen LogP contribution in [0.25, 0.3) is 4.96 Å². The molecule has 0 atom stereocenters. The molecule has 22 heavy (non-hydrogen) atoms. The SMILES string of the molecule is CCCCc1nnc2sc(NC(=O)c3ccccc3F)nn12. The van der Waals surface area contributed by atoms with E-state index in [0.29, 0.717) is 10.1 Å². The molecule has 114 valence electrons. The summed E-state index contributed by atoms with van der Waals surface area (Å²) in [6.07, 6.45) is 2.83. The van der Waals surface area contributed by atoms with Crippen molar-refractivity contribution >= 4 is 27.3 Å². The van der Waals surface area contributed by atoms with Crippen LogP contribution in [0.15, 0.2) is 24.3 Å². The molecule has 0 aliphatic carbocycles. The van der Waals surface area contributed by atoms with E-state index in [2.05, 4.69) is 27.5 Å². The largest absolute Gasteiger partial charge is 0.296 e. The molecular weight excluding hydrogens is 305 g/mol. The number of carbonyl (C=O) groups excluding carboxylic acids is 1. The number of unbranched alkanes of at least 4 members (excludes halogenated alkanes) is 1. The minimum absolute atomic E-state index is 0.0142. The van der Waals surface area contributed by atoms with Crippen LogP contribution in [0.5, 0.6) is 0 Å². The lowest BCUT2D eigenvalue weighted by Gasteiger charge is -2.01. The number of nitrogens with zero attached hydrogens (tertiary/aromatic N) is 4. The Labute approximate surface area is 130 Å². The van der Waals surface area contributed by atoms with Crippen molar-refractivity contribution in [2.75, 3.05) is 5.32 Å². The fourth-order valence-corrected chi connectivity index (χ4v) is 2.76. The second-order valence-electron chi connectivity index (χ2n) is 4.76. The predicted octanol–water partition coefficient (Wildman–Crippen LogP) is 2.92. The van der Waals surface area contributed by atoms with Gasteiger partial charge in [-0.1, -0.05) is 36.8 Å². The van der Waals surface area contributed by atoms with E-state index < -0.39 is 11.7 Å². The lowest BCUT2D eigenvalue weighted by Crippen LogP contribution is -2.13. The molecule has 8 heteroatoms. The van der Waals surface area contributed by atoms with Crippen molar-refractivity contribution in [3.63, 3.8) is 0 Å². The number of aryl methyl sites for hydroxylation is 1. The van der Waals surface area contributed by atoms with Crippen LogP contribution in [0, 0.1) is 5.82 Å². The van der Waals surface area contributed by atoms with Crippen LogP contribution in [0.2, 0.25) is 0 Å². The summed E-state index contributed by atoms with van der Waals surface area (Å²) in [5.41, 5.74) is -0.0142. The Kier molecular flexibility index (Phi) is 4.10. The first-order valence-corrected chi connectivity index (χ1v) is 7.77. The van der Waals surface area contributed by atoms with E-state index in [1.165, 1.54) is 29.5 Å². The number of carbonyl (C=O) groups is 1. The highest BCUT2D eigenvalue weighted by atomic mass is 32.1. The van der Waals surface area contributed by atoms with Gasteiger partial charge in [-0.3, -0.25) is 10.1 Å². The molecule has 0 unspecified atom stereocenters. The van der Waals surface area contributed by atoms with Crippen molar-refractivity contribution in [3.8, 4) is 0 Å². The molecule has 0 fully saturated rings. The number of fused-ring (bicyclic) bond motifs is 1. The number of halogens is 1. The molecule has 1 N–H and O–H groups in total. The van der Waals surface area contributed by atoms with Gasteiger partial charge < -0.3 is 0 Å². The summed E-state index contributed by atoms with van der Waals surface area (Å²) in [5.74, 6) is -0.329. The van der Waals surface area contributed by atoms with Crippen LogP contribution in [-0.4, -0.2) is 25.7 Å². The highest BCUT2D eigenvalue weighted by Gasteiger charge is 2.16. The molecule has 0 spiro atoms. The molecule has 6 nitrogen and oxygen atoms in total. The van der Waals surface area contributed by atoms with Gasteiger partial charge in [0.1, 0.15) is 5.82 Å². The lowest BCUT2D eigenvalue weighted by molar-refractivity contribution is 0.102. The molecule has 3 aromatic rings. The summed E-state index contributed by atoms with van der Waals surface area (Å²) in [4.78, 5) is 12.7. The maximum atomic E-state index is 13.6. The molecule has 1 aromatic carbocycles. The molecule has 0 radical (unpaired) electrons. The Balaban J connectivity index is 1.81. The minimum Gasteiger partial charge on any atom is -0.296 e. The van der Waals surface area contributed by atoms with Gasteiger partial charge >= 0.3 is 0 Å². The van der Waals surface area contributed by atoms with E-state index in [-0.39, 0.29) is 5.56 Å². The van der Waals surface area contributed by atoms with Gasteiger partial charge in [-0.15, -0.1) is 15.3 Å². The van der Waals surface area contributed by atoms with Gasteiger partial charge in [0.05, 0.1) is 5.56 Å². The summed E-state index contributed by atoms with van der Waals surface area (Å²) in [7, 11) is 0. The van der Waals surface area contributed by atoms with Crippen LogP contribution >= 0.6 is 11.3 Å². The summed E-state index contributed by atoms with van der Waals surface area (Å²) in [6, 6.07) is 5.82. The van der Waals surface area contributed by atoms with Crippen LogP contribution < -0.4 is 5.32 Å². The van der Waals surface area contributed by atoms with Gasteiger partial charge in [0, 0.05) is 6.42 Å². The third kappa shape index (κ3) is 2.82. The number of aromatic nitrogens is 4. The van der Waals surface area contributed by atoms with Gasteiger partial charge in [0.15, 0.2) is 5.82 Å². The standard InChI is InChI=1S/C14H14FN5OS/c1-2-3-8-11-17-18-14-20(11)19-13(22-14)16-12(21)9-6-4-5-7-10(9)15/h4-7H,2-3,8H2,1H3,(H,16,19,21). The fraction of sp³-hybridized carbons (Fsp3) is 0.286. The van der Waals surface area contributed by atoms with Gasteiger partial charge in [0.25, 0.3) is 5.91 Å². The minimum atomic E-state index is -0.563.